The van der Waals surface area contributed by atoms with Gasteiger partial charge in [-0.3, -0.25) is 9.59 Å². The summed E-state index contributed by atoms with van der Waals surface area (Å²) in [6, 6.07) is 19.2. The van der Waals surface area contributed by atoms with Gasteiger partial charge in [0.15, 0.2) is 0 Å². The molecule has 3 aromatic rings. The summed E-state index contributed by atoms with van der Waals surface area (Å²) >= 11 is 3.32. The summed E-state index contributed by atoms with van der Waals surface area (Å²) in [7, 11) is 1.55. The van der Waals surface area contributed by atoms with Crippen molar-refractivity contribution in [2.75, 3.05) is 12.4 Å². The number of carboxylic acid groups (broad SMARTS) is 1. The van der Waals surface area contributed by atoms with Crippen molar-refractivity contribution < 1.29 is 24.2 Å². The molecular weight excluding hydrogens is 476 g/mol. The Balaban J connectivity index is 1.86. The number of amides is 2. The molecule has 32 heavy (non-hydrogen) atoms. The highest BCUT2D eigenvalue weighted by Gasteiger charge is 2.15. The van der Waals surface area contributed by atoms with Crippen LogP contribution < -0.4 is 20.5 Å². The standard InChI is InChI=1S/C24H19BrN2O5/c1-32-20-12-2-15(3-13-20)14-21(27-22(28)16-4-8-18(25)9-5-16)23(29)26-19-10-6-17(7-11-19)24(30)31/h2-14H,1H3,(H,26,29)(H,27,28)(H,30,31)/p-1/b21-14-. The quantitative estimate of drug-likeness (QED) is 0.491. The van der Waals surface area contributed by atoms with Crippen molar-refractivity contribution in [2.45, 2.75) is 0 Å². The molecule has 3 aromatic carbocycles. The number of halogens is 1. The van der Waals surface area contributed by atoms with Gasteiger partial charge in [-0.25, -0.2) is 0 Å². The molecule has 2 N–H and O–H groups in total. The summed E-state index contributed by atoms with van der Waals surface area (Å²) in [4.78, 5) is 36.5. The van der Waals surface area contributed by atoms with Crippen LogP contribution in [0.15, 0.2) is 83.0 Å². The van der Waals surface area contributed by atoms with Crippen LogP contribution in [-0.4, -0.2) is 24.9 Å². The van der Waals surface area contributed by atoms with E-state index < -0.39 is 17.8 Å². The van der Waals surface area contributed by atoms with Crippen molar-refractivity contribution in [2.24, 2.45) is 0 Å². The van der Waals surface area contributed by atoms with E-state index in [9.17, 15) is 19.5 Å². The van der Waals surface area contributed by atoms with Crippen LogP contribution in [0.4, 0.5) is 5.69 Å². The van der Waals surface area contributed by atoms with Gasteiger partial charge >= 0.3 is 0 Å². The van der Waals surface area contributed by atoms with Crippen molar-refractivity contribution in [3.8, 4) is 5.75 Å². The first kappa shape index (κ1) is 22.8. The topological polar surface area (TPSA) is 108 Å². The minimum atomic E-state index is -1.32. The fraction of sp³-hybridized carbons (Fsp3) is 0.0417. The van der Waals surface area contributed by atoms with Gasteiger partial charge in [0, 0.05) is 15.7 Å². The molecule has 2 amide bonds. The van der Waals surface area contributed by atoms with E-state index in [2.05, 4.69) is 26.6 Å². The molecule has 0 aliphatic carbocycles. The highest BCUT2D eigenvalue weighted by atomic mass is 79.9. The first-order chi connectivity index (χ1) is 15.4. The fourth-order valence-electron chi connectivity index (χ4n) is 2.71. The van der Waals surface area contributed by atoms with Crippen LogP contribution in [0.5, 0.6) is 5.75 Å². The summed E-state index contributed by atoms with van der Waals surface area (Å²) in [6.07, 6.45) is 1.53. The lowest BCUT2D eigenvalue weighted by Crippen LogP contribution is -2.30. The number of nitrogens with one attached hydrogen (secondary N) is 2. The van der Waals surface area contributed by atoms with Crippen LogP contribution in [0, 0.1) is 0 Å². The zero-order valence-corrected chi connectivity index (χ0v) is 18.5. The third kappa shape index (κ3) is 6.05. The maximum absolute atomic E-state index is 12.9. The molecule has 0 fully saturated rings. The van der Waals surface area contributed by atoms with Crippen molar-refractivity contribution in [1.82, 2.24) is 5.32 Å². The second-order valence-corrected chi connectivity index (χ2v) is 7.53. The van der Waals surface area contributed by atoms with Crippen LogP contribution in [-0.2, 0) is 4.79 Å². The lowest BCUT2D eigenvalue weighted by Gasteiger charge is -2.12. The number of rotatable bonds is 7. The summed E-state index contributed by atoms with van der Waals surface area (Å²) in [5.74, 6) is -1.70. The van der Waals surface area contributed by atoms with Gasteiger partial charge in [-0.2, -0.15) is 0 Å². The van der Waals surface area contributed by atoms with E-state index in [-0.39, 0.29) is 11.3 Å². The molecule has 162 valence electrons. The third-order valence-electron chi connectivity index (χ3n) is 4.40. The Morgan fingerprint density at radius 1 is 0.875 bits per heavy atom. The molecule has 0 saturated heterocycles. The fourth-order valence-corrected chi connectivity index (χ4v) is 2.97. The number of methoxy groups -OCH3 is 1. The lowest BCUT2D eigenvalue weighted by atomic mass is 10.1. The minimum absolute atomic E-state index is 0.00654. The van der Waals surface area contributed by atoms with Gasteiger partial charge in [-0.05, 0) is 65.7 Å². The third-order valence-corrected chi connectivity index (χ3v) is 4.93. The van der Waals surface area contributed by atoms with Crippen molar-refractivity contribution in [1.29, 1.82) is 0 Å². The summed E-state index contributed by atoms with van der Waals surface area (Å²) in [6.45, 7) is 0. The number of aromatic carboxylic acids is 1. The average molecular weight is 494 g/mol. The van der Waals surface area contributed by atoms with Crippen LogP contribution >= 0.6 is 15.9 Å². The molecule has 0 spiro atoms. The van der Waals surface area contributed by atoms with Crippen molar-refractivity contribution in [3.63, 3.8) is 0 Å². The molecule has 0 aliphatic heterocycles. The van der Waals surface area contributed by atoms with Crippen LogP contribution in [0.3, 0.4) is 0 Å². The van der Waals surface area contributed by atoms with E-state index in [4.69, 9.17) is 4.74 Å². The number of ether oxygens (including phenoxy) is 1. The van der Waals surface area contributed by atoms with Gasteiger partial charge in [0.2, 0.25) is 0 Å². The summed E-state index contributed by atoms with van der Waals surface area (Å²) in [5.41, 5.74) is 1.39. The number of carbonyl (C=O) groups excluding carboxylic acids is 3. The second kappa shape index (κ2) is 10.4. The summed E-state index contributed by atoms with van der Waals surface area (Å²) < 4.78 is 5.96. The molecule has 0 heterocycles. The molecule has 0 bridgehead atoms. The smallest absolute Gasteiger partial charge is 0.272 e. The first-order valence-corrected chi connectivity index (χ1v) is 10.2. The van der Waals surface area contributed by atoms with E-state index in [1.165, 1.54) is 30.3 Å². The van der Waals surface area contributed by atoms with Gasteiger partial charge in [0.05, 0.1) is 13.1 Å². The Labute approximate surface area is 192 Å². The zero-order valence-electron chi connectivity index (χ0n) is 16.9. The number of anilines is 1. The predicted molar refractivity (Wildman–Crippen MR) is 122 cm³/mol. The number of hydrogen-bond acceptors (Lipinski definition) is 5. The van der Waals surface area contributed by atoms with Crippen molar-refractivity contribution >= 4 is 45.5 Å². The Bertz CT molecular complexity index is 1150. The van der Waals surface area contributed by atoms with Gasteiger partial charge < -0.3 is 25.3 Å². The molecule has 0 radical (unpaired) electrons. The zero-order chi connectivity index (χ0) is 23.1. The number of carbonyl (C=O) groups is 3. The molecule has 0 atom stereocenters. The molecule has 0 saturated carbocycles. The van der Waals surface area contributed by atoms with E-state index in [1.54, 1.807) is 55.6 Å². The Hall–Kier alpha value is -3.91. The second-order valence-electron chi connectivity index (χ2n) is 6.61. The SMILES string of the molecule is COc1ccc(/C=C(\NC(=O)c2ccc(Br)cc2)C(=O)Nc2ccc(C(=O)[O-])cc2)cc1. The minimum Gasteiger partial charge on any atom is -0.545 e. The first-order valence-electron chi connectivity index (χ1n) is 9.41. The Kier molecular flexibility index (Phi) is 7.41. The molecule has 3 rings (SSSR count). The molecule has 0 unspecified atom stereocenters. The lowest BCUT2D eigenvalue weighted by molar-refractivity contribution is -0.255. The molecule has 8 heteroatoms. The van der Waals surface area contributed by atoms with Crippen LogP contribution in [0.1, 0.15) is 26.3 Å². The van der Waals surface area contributed by atoms with E-state index in [0.29, 0.717) is 22.6 Å². The van der Waals surface area contributed by atoms with Gasteiger partial charge in [-0.15, -0.1) is 0 Å². The number of hydrogen-bond donors (Lipinski definition) is 2. The Morgan fingerprint density at radius 2 is 1.47 bits per heavy atom. The van der Waals surface area contributed by atoms with Crippen LogP contribution in [0.2, 0.25) is 0 Å². The molecule has 7 nitrogen and oxygen atoms in total. The van der Waals surface area contributed by atoms with Crippen LogP contribution in [0.25, 0.3) is 6.08 Å². The van der Waals surface area contributed by atoms with Gasteiger partial charge in [-0.1, -0.05) is 40.2 Å². The molecule has 0 aliphatic rings. The normalized spacial score (nSPS) is 10.9. The van der Waals surface area contributed by atoms with E-state index >= 15 is 0 Å². The van der Waals surface area contributed by atoms with Gasteiger partial charge in [0.1, 0.15) is 11.4 Å². The van der Waals surface area contributed by atoms with E-state index in [1.807, 2.05) is 0 Å². The van der Waals surface area contributed by atoms with Crippen molar-refractivity contribution in [3.05, 3.63) is 99.7 Å². The summed E-state index contributed by atoms with van der Waals surface area (Å²) in [5, 5.41) is 16.2. The molecular formula is C24H18BrN2O5-. The number of carboxylic acids is 1. The maximum atomic E-state index is 12.9. The average Bonchev–Trinajstić information content (AvgIpc) is 2.79. The monoisotopic (exact) mass is 493 g/mol. The Morgan fingerprint density at radius 3 is 2.03 bits per heavy atom. The largest absolute Gasteiger partial charge is 0.545 e. The maximum Gasteiger partial charge on any atom is 0.272 e. The predicted octanol–water partition coefficient (Wildman–Crippen LogP) is 3.23. The van der Waals surface area contributed by atoms with E-state index in [0.717, 1.165) is 4.47 Å². The van der Waals surface area contributed by atoms with Gasteiger partial charge in [0.25, 0.3) is 11.8 Å². The highest BCUT2D eigenvalue weighted by molar-refractivity contribution is 9.10. The molecule has 0 aromatic heterocycles. The number of benzene rings is 3. The highest BCUT2D eigenvalue weighted by Crippen LogP contribution is 2.16.